The van der Waals surface area contributed by atoms with E-state index in [9.17, 15) is 4.79 Å². The Morgan fingerprint density at radius 2 is 2.05 bits per heavy atom. The van der Waals surface area contributed by atoms with Crippen LogP contribution < -0.4 is 0 Å². The van der Waals surface area contributed by atoms with Crippen molar-refractivity contribution >= 4 is 29.0 Å². The van der Waals surface area contributed by atoms with Crippen molar-refractivity contribution in [3.63, 3.8) is 0 Å². The minimum atomic E-state index is 0.111. The predicted octanol–water partition coefficient (Wildman–Crippen LogP) is 5.32. The van der Waals surface area contributed by atoms with Gasteiger partial charge in [0.05, 0.1) is 0 Å². The summed E-state index contributed by atoms with van der Waals surface area (Å²) in [6.07, 6.45) is 4.92. The van der Waals surface area contributed by atoms with E-state index in [2.05, 4.69) is 13.8 Å². The maximum atomic E-state index is 12.5. The maximum absolute atomic E-state index is 12.5. The Balaban J connectivity index is 2.14. The van der Waals surface area contributed by atoms with Gasteiger partial charge in [0.2, 0.25) is 0 Å². The zero-order chi connectivity index (χ0) is 14.0. The van der Waals surface area contributed by atoms with E-state index in [0.717, 1.165) is 24.8 Å². The highest BCUT2D eigenvalue weighted by molar-refractivity contribution is 6.33. The van der Waals surface area contributed by atoms with E-state index >= 15 is 0 Å². The second-order valence-electron chi connectivity index (χ2n) is 6.17. The van der Waals surface area contributed by atoms with E-state index in [1.54, 1.807) is 18.2 Å². The van der Waals surface area contributed by atoms with Gasteiger partial charge in [-0.05, 0) is 42.0 Å². The largest absolute Gasteiger partial charge is 0.299 e. The molecular formula is C16H20Cl2O. The lowest BCUT2D eigenvalue weighted by molar-refractivity contribution is -0.127. The minimum absolute atomic E-state index is 0.111. The molecule has 1 saturated carbocycles. The third kappa shape index (κ3) is 3.52. The highest BCUT2D eigenvalue weighted by Gasteiger charge is 2.36. The number of Topliss-reactive ketones (excluding diaryl/α,β-unsaturated/α-hetero) is 1. The molecule has 104 valence electrons. The standard InChI is InChI=1S/C16H20Cl2O/c1-16(2)8-4-3-5-13(16)15(19)10-11-9-12(17)6-7-14(11)18/h6-7,9,13H,3-5,8,10H2,1-2H3. The zero-order valence-corrected chi connectivity index (χ0v) is 13.0. The van der Waals surface area contributed by atoms with Crippen LogP contribution in [0.3, 0.4) is 0 Å². The zero-order valence-electron chi connectivity index (χ0n) is 11.5. The Hall–Kier alpha value is -0.530. The summed E-state index contributed by atoms with van der Waals surface area (Å²) >= 11 is 12.1. The summed E-state index contributed by atoms with van der Waals surface area (Å²) in [5.74, 6) is 0.449. The SMILES string of the molecule is CC1(C)CCCCC1C(=O)Cc1cc(Cl)ccc1Cl. The molecule has 1 aromatic rings. The molecule has 0 saturated heterocycles. The van der Waals surface area contributed by atoms with Crippen LogP contribution in [0.15, 0.2) is 18.2 Å². The summed E-state index contributed by atoms with van der Waals surface area (Å²) in [6, 6.07) is 5.32. The third-order valence-electron chi connectivity index (χ3n) is 4.27. The van der Waals surface area contributed by atoms with E-state index in [1.807, 2.05) is 0 Å². The molecule has 0 aromatic heterocycles. The van der Waals surface area contributed by atoms with Gasteiger partial charge in [0.1, 0.15) is 5.78 Å². The van der Waals surface area contributed by atoms with Gasteiger partial charge >= 0.3 is 0 Å². The molecule has 1 aliphatic rings. The number of hydrogen-bond acceptors (Lipinski definition) is 1. The summed E-state index contributed by atoms with van der Waals surface area (Å²) in [5.41, 5.74) is 0.959. The lowest BCUT2D eigenvalue weighted by Crippen LogP contribution is -2.34. The van der Waals surface area contributed by atoms with Crippen molar-refractivity contribution < 1.29 is 4.79 Å². The monoisotopic (exact) mass is 298 g/mol. The maximum Gasteiger partial charge on any atom is 0.140 e. The molecular weight excluding hydrogens is 279 g/mol. The first-order valence-electron chi connectivity index (χ1n) is 6.87. The molecule has 1 aliphatic carbocycles. The van der Waals surface area contributed by atoms with Crippen molar-refractivity contribution in [3.8, 4) is 0 Å². The highest BCUT2D eigenvalue weighted by Crippen LogP contribution is 2.41. The van der Waals surface area contributed by atoms with E-state index < -0.39 is 0 Å². The molecule has 1 atom stereocenters. The van der Waals surface area contributed by atoms with Gasteiger partial charge < -0.3 is 0 Å². The summed E-state index contributed by atoms with van der Waals surface area (Å²) in [7, 11) is 0. The van der Waals surface area contributed by atoms with Crippen LogP contribution in [-0.2, 0) is 11.2 Å². The van der Waals surface area contributed by atoms with Gasteiger partial charge in [0.15, 0.2) is 0 Å². The highest BCUT2D eigenvalue weighted by atomic mass is 35.5. The Labute approximate surface area is 125 Å². The van der Waals surface area contributed by atoms with Gasteiger partial charge in [-0.25, -0.2) is 0 Å². The molecule has 19 heavy (non-hydrogen) atoms. The molecule has 1 aromatic carbocycles. The number of carbonyl (C=O) groups excluding carboxylic acids is 1. The number of halogens is 2. The molecule has 0 heterocycles. The molecule has 0 N–H and O–H groups in total. The molecule has 1 nitrogen and oxygen atoms in total. The number of benzene rings is 1. The van der Waals surface area contributed by atoms with Crippen LogP contribution in [-0.4, -0.2) is 5.78 Å². The van der Waals surface area contributed by atoms with Gasteiger partial charge in [0.25, 0.3) is 0 Å². The van der Waals surface area contributed by atoms with Gasteiger partial charge in [-0.3, -0.25) is 4.79 Å². The van der Waals surface area contributed by atoms with E-state index in [0.29, 0.717) is 22.2 Å². The number of rotatable bonds is 3. The van der Waals surface area contributed by atoms with Crippen LogP contribution in [0.2, 0.25) is 10.0 Å². The molecule has 0 aliphatic heterocycles. The molecule has 1 unspecified atom stereocenters. The smallest absolute Gasteiger partial charge is 0.140 e. The average molecular weight is 299 g/mol. The lowest BCUT2D eigenvalue weighted by atomic mass is 9.66. The first-order chi connectivity index (χ1) is 8.90. The fourth-order valence-corrected chi connectivity index (χ4v) is 3.46. The van der Waals surface area contributed by atoms with Crippen molar-refractivity contribution in [2.45, 2.75) is 46.0 Å². The molecule has 1 fully saturated rings. The topological polar surface area (TPSA) is 17.1 Å². The predicted molar refractivity (Wildman–Crippen MR) is 80.9 cm³/mol. The van der Waals surface area contributed by atoms with E-state index in [-0.39, 0.29) is 11.3 Å². The van der Waals surface area contributed by atoms with E-state index in [4.69, 9.17) is 23.2 Å². The van der Waals surface area contributed by atoms with Crippen molar-refractivity contribution in [3.05, 3.63) is 33.8 Å². The van der Waals surface area contributed by atoms with Crippen LogP contribution in [0.25, 0.3) is 0 Å². The van der Waals surface area contributed by atoms with Crippen LogP contribution in [0.4, 0.5) is 0 Å². The van der Waals surface area contributed by atoms with Gasteiger partial charge in [-0.1, -0.05) is 49.9 Å². The number of ketones is 1. The van der Waals surface area contributed by atoms with Crippen LogP contribution >= 0.6 is 23.2 Å². The first-order valence-corrected chi connectivity index (χ1v) is 7.62. The number of hydrogen-bond donors (Lipinski definition) is 0. The fraction of sp³-hybridized carbons (Fsp3) is 0.562. The fourth-order valence-electron chi connectivity index (χ4n) is 3.08. The lowest BCUT2D eigenvalue weighted by Gasteiger charge is -2.37. The minimum Gasteiger partial charge on any atom is -0.299 e. The van der Waals surface area contributed by atoms with Crippen molar-refractivity contribution in [1.29, 1.82) is 0 Å². The molecule has 2 rings (SSSR count). The Morgan fingerprint density at radius 1 is 1.32 bits per heavy atom. The summed E-state index contributed by atoms with van der Waals surface area (Å²) in [6.45, 7) is 4.41. The van der Waals surface area contributed by atoms with Crippen LogP contribution in [0.1, 0.15) is 45.1 Å². The van der Waals surface area contributed by atoms with Crippen molar-refractivity contribution in [2.75, 3.05) is 0 Å². The van der Waals surface area contributed by atoms with Gasteiger partial charge in [-0.2, -0.15) is 0 Å². The summed E-state index contributed by atoms with van der Waals surface area (Å²) in [4.78, 5) is 12.5. The Bertz CT molecular complexity index is 480. The Morgan fingerprint density at radius 3 is 2.74 bits per heavy atom. The molecule has 0 radical (unpaired) electrons. The van der Waals surface area contributed by atoms with E-state index in [1.165, 1.54) is 6.42 Å². The normalized spacial score (nSPS) is 22.2. The first kappa shape index (κ1) is 14.9. The summed E-state index contributed by atoms with van der Waals surface area (Å²) < 4.78 is 0. The second kappa shape index (κ2) is 5.85. The van der Waals surface area contributed by atoms with Crippen molar-refractivity contribution in [2.24, 2.45) is 11.3 Å². The van der Waals surface area contributed by atoms with Gasteiger partial charge in [0, 0.05) is 22.4 Å². The third-order valence-corrected chi connectivity index (χ3v) is 4.87. The molecule has 0 spiro atoms. The molecule has 0 bridgehead atoms. The quantitative estimate of drug-likeness (QED) is 0.738. The van der Waals surface area contributed by atoms with Crippen LogP contribution in [0, 0.1) is 11.3 Å². The van der Waals surface area contributed by atoms with Gasteiger partial charge in [-0.15, -0.1) is 0 Å². The molecule has 0 amide bonds. The molecule has 3 heteroatoms. The number of carbonyl (C=O) groups is 1. The second-order valence-corrected chi connectivity index (χ2v) is 7.01. The summed E-state index contributed by atoms with van der Waals surface area (Å²) in [5, 5.41) is 1.27. The Kier molecular flexibility index (Phi) is 4.58. The van der Waals surface area contributed by atoms with Crippen LogP contribution in [0.5, 0.6) is 0 Å². The van der Waals surface area contributed by atoms with Crippen molar-refractivity contribution in [1.82, 2.24) is 0 Å². The average Bonchev–Trinajstić information content (AvgIpc) is 2.33.